The monoisotopic (exact) mass is 392 g/mol. The van der Waals surface area contributed by atoms with E-state index in [1.54, 1.807) is 38.3 Å². The van der Waals surface area contributed by atoms with Crippen LogP contribution in [0.15, 0.2) is 54.6 Å². The molecule has 0 radical (unpaired) electrons. The van der Waals surface area contributed by atoms with E-state index in [1.807, 2.05) is 48.9 Å². The number of benzene rings is 2. The van der Waals surface area contributed by atoms with Gasteiger partial charge in [-0.25, -0.2) is 4.68 Å². The molecule has 29 heavy (non-hydrogen) atoms. The number of Topliss-reactive ketones (excluding diaryl/α,β-unsaturated/α-hetero) is 1. The lowest BCUT2D eigenvalue weighted by Gasteiger charge is -2.13. The van der Waals surface area contributed by atoms with E-state index in [-0.39, 0.29) is 12.2 Å². The van der Waals surface area contributed by atoms with Gasteiger partial charge in [-0.2, -0.15) is 5.10 Å². The Balaban J connectivity index is 1.69. The molecule has 150 valence electrons. The molecule has 1 aromatic heterocycles. The number of carbonyl (C=O) groups is 2. The van der Waals surface area contributed by atoms with Crippen molar-refractivity contribution in [1.29, 1.82) is 0 Å². The van der Waals surface area contributed by atoms with E-state index in [1.165, 1.54) is 0 Å². The molecular formula is C23H24N2O4. The predicted molar refractivity (Wildman–Crippen MR) is 110 cm³/mol. The number of nitrogens with zero attached hydrogens (tertiary/aromatic N) is 2. The molecular weight excluding hydrogens is 368 g/mol. The molecule has 0 N–H and O–H groups in total. The lowest BCUT2D eigenvalue weighted by Crippen LogP contribution is -2.25. The number of esters is 1. The first-order chi connectivity index (χ1) is 13.9. The van der Waals surface area contributed by atoms with Crippen LogP contribution in [-0.4, -0.2) is 34.7 Å². The minimum Gasteiger partial charge on any atom is -0.497 e. The number of aryl methyl sites for hydroxylation is 1. The van der Waals surface area contributed by atoms with Gasteiger partial charge in [-0.15, -0.1) is 0 Å². The van der Waals surface area contributed by atoms with Crippen molar-refractivity contribution in [3.63, 3.8) is 0 Å². The number of hydrogen-bond acceptors (Lipinski definition) is 5. The summed E-state index contributed by atoms with van der Waals surface area (Å²) in [6.07, 6.45) is -0.814. The highest BCUT2D eigenvalue weighted by Crippen LogP contribution is 2.19. The molecule has 0 unspecified atom stereocenters. The fourth-order valence-electron chi connectivity index (χ4n) is 3.18. The van der Waals surface area contributed by atoms with Crippen LogP contribution in [0.25, 0.3) is 5.69 Å². The quantitative estimate of drug-likeness (QED) is 0.451. The zero-order valence-electron chi connectivity index (χ0n) is 17.0. The summed E-state index contributed by atoms with van der Waals surface area (Å²) in [4.78, 5) is 25.0. The number of rotatable bonds is 7. The van der Waals surface area contributed by atoms with Gasteiger partial charge < -0.3 is 9.47 Å². The minimum atomic E-state index is -0.874. The van der Waals surface area contributed by atoms with E-state index in [4.69, 9.17) is 9.47 Å². The second kappa shape index (κ2) is 8.73. The Labute approximate surface area is 170 Å². The maximum atomic E-state index is 12.5. The van der Waals surface area contributed by atoms with Crippen LogP contribution >= 0.6 is 0 Å². The first kappa shape index (κ1) is 20.3. The molecule has 0 saturated carbocycles. The summed E-state index contributed by atoms with van der Waals surface area (Å²) in [7, 11) is 1.56. The van der Waals surface area contributed by atoms with Crippen molar-refractivity contribution in [2.24, 2.45) is 0 Å². The van der Waals surface area contributed by atoms with Crippen molar-refractivity contribution in [1.82, 2.24) is 9.78 Å². The van der Waals surface area contributed by atoms with E-state index < -0.39 is 12.1 Å². The van der Waals surface area contributed by atoms with Gasteiger partial charge in [0.1, 0.15) is 5.75 Å². The highest BCUT2D eigenvalue weighted by Gasteiger charge is 2.22. The van der Waals surface area contributed by atoms with Gasteiger partial charge in [0.25, 0.3) is 0 Å². The van der Waals surface area contributed by atoms with Gasteiger partial charge in [0, 0.05) is 16.8 Å². The van der Waals surface area contributed by atoms with Crippen LogP contribution in [0.2, 0.25) is 0 Å². The number of aromatic nitrogens is 2. The molecule has 2 aromatic carbocycles. The third kappa shape index (κ3) is 4.54. The molecule has 3 aromatic rings. The summed E-state index contributed by atoms with van der Waals surface area (Å²) in [6, 6.07) is 16.4. The van der Waals surface area contributed by atoms with Gasteiger partial charge in [0.2, 0.25) is 5.78 Å². The topological polar surface area (TPSA) is 70.4 Å². The molecule has 0 aliphatic rings. The standard InChI is InChI=1S/C23H24N2O4/c1-15-21(16(2)25(24-15)19-8-6-5-7-9-19)14-22(26)29-17(3)23(27)18-10-12-20(28-4)13-11-18/h5-13,17H,14H2,1-4H3/t17-/m1/s1. The zero-order valence-corrected chi connectivity index (χ0v) is 17.0. The van der Waals surface area contributed by atoms with Crippen molar-refractivity contribution in [3.05, 3.63) is 77.1 Å². The van der Waals surface area contributed by atoms with Crippen LogP contribution in [0.5, 0.6) is 5.75 Å². The molecule has 0 bridgehead atoms. The summed E-state index contributed by atoms with van der Waals surface area (Å²) in [5.74, 6) is -0.0554. The molecule has 0 amide bonds. The summed E-state index contributed by atoms with van der Waals surface area (Å²) < 4.78 is 12.3. The Morgan fingerprint density at radius 3 is 2.31 bits per heavy atom. The Morgan fingerprint density at radius 2 is 1.69 bits per heavy atom. The van der Waals surface area contributed by atoms with Crippen molar-refractivity contribution in [3.8, 4) is 11.4 Å². The fraction of sp³-hybridized carbons (Fsp3) is 0.261. The Bertz CT molecular complexity index is 1010. The van der Waals surface area contributed by atoms with Crippen LogP contribution in [0.4, 0.5) is 0 Å². The predicted octanol–water partition coefficient (Wildman–Crippen LogP) is 3.85. The van der Waals surface area contributed by atoms with Crippen molar-refractivity contribution < 1.29 is 19.1 Å². The molecule has 0 fully saturated rings. The number of hydrogen-bond donors (Lipinski definition) is 0. The third-order valence-electron chi connectivity index (χ3n) is 4.82. The van der Waals surface area contributed by atoms with Gasteiger partial charge in [0.15, 0.2) is 6.10 Å². The maximum absolute atomic E-state index is 12.5. The Hall–Kier alpha value is -3.41. The second-order valence-corrected chi connectivity index (χ2v) is 6.80. The van der Waals surface area contributed by atoms with Crippen LogP contribution < -0.4 is 4.74 Å². The summed E-state index contributed by atoms with van der Waals surface area (Å²) in [6.45, 7) is 5.36. The normalized spacial score (nSPS) is 11.7. The molecule has 0 saturated heterocycles. The average Bonchev–Trinajstić information content (AvgIpc) is 3.02. The second-order valence-electron chi connectivity index (χ2n) is 6.80. The number of ether oxygens (including phenoxy) is 2. The first-order valence-corrected chi connectivity index (χ1v) is 9.39. The van der Waals surface area contributed by atoms with Crippen molar-refractivity contribution in [2.45, 2.75) is 33.3 Å². The third-order valence-corrected chi connectivity index (χ3v) is 4.82. The van der Waals surface area contributed by atoms with Crippen molar-refractivity contribution >= 4 is 11.8 Å². The summed E-state index contributed by atoms with van der Waals surface area (Å²) in [5, 5.41) is 4.54. The van der Waals surface area contributed by atoms with Gasteiger partial charge in [0.05, 0.1) is 24.9 Å². The first-order valence-electron chi connectivity index (χ1n) is 9.39. The molecule has 0 aliphatic heterocycles. The number of para-hydroxylation sites is 1. The largest absolute Gasteiger partial charge is 0.497 e. The van der Waals surface area contributed by atoms with Crippen LogP contribution in [0.1, 0.15) is 34.2 Å². The lowest BCUT2D eigenvalue weighted by molar-refractivity contribution is -0.145. The molecule has 1 atom stereocenters. The smallest absolute Gasteiger partial charge is 0.311 e. The highest BCUT2D eigenvalue weighted by molar-refractivity contribution is 6.00. The molecule has 1 heterocycles. The fourth-order valence-corrected chi connectivity index (χ4v) is 3.18. The van der Waals surface area contributed by atoms with Crippen molar-refractivity contribution in [2.75, 3.05) is 7.11 Å². The molecule has 6 nitrogen and oxygen atoms in total. The van der Waals surface area contributed by atoms with E-state index in [0.29, 0.717) is 11.3 Å². The highest BCUT2D eigenvalue weighted by atomic mass is 16.5. The summed E-state index contributed by atoms with van der Waals surface area (Å²) >= 11 is 0. The Morgan fingerprint density at radius 1 is 1.03 bits per heavy atom. The van der Waals surface area contributed by atoms with Gasteiger partial charge in [-0.1, -0.05) is 18.2 Å². The van der Waals surface area contributed by atoms with Crippen LogP contribution in [-0.2, 0) is 16.0 Å². The van der Waals surface area contributed by atoms with E-state index in [0.717, 1.165) is 22.6 Å². The lowest BCUT2D eigenvalue weighted by atomic mass is 10.1. The van der Waals surface area contributed by atoms with E-state index >= 15 is 0 Å². The van der Waals surface area contributed by atoms with Gasteiger partial charge in [-0.3, -0.25) is 9.59 Å². The molecule has 0 spiro atoms. The van der Waals surface area contributed by atoms with E-state index in [9.17, 15) is 9.59 Å². The average molecular weight is 392 g/mol. The number of carbonyl (C=O) groups excluding carboxylic acids is 2. The molecule has 3 rings (SSSR count). The van der Waals surface area contributed by atoms with Crippen LogP contribution in [0, 0.1) is 13.8 Å². The minimum absolute atomic E-state index is 0.0603. The maximum Gasteiger partial charge on any atom is 0.311 e. The Kier molecular flexibility index (Phi) is 6.12. The SMILES string of the molecule is COc1ccc(C(=O)[C@@H](C)OC(=O)Cc2c(C)nn(-c3ccccc3)c2C)cc1. The number of ketones is 1. The number of methoxy groups -OCH3 is 1. The van der Waals surface area contributed by atoms with E-state index in [2.05, 4.69) is 5.10 Å². The van der Waals surface area contributed by atoms with Gasteiger partial charge in [-0.05, 0) is 57.2 Å². The molecule has 0 aliphatic carbocycles. The summed E-state index contributed by atoms with van der Waals surface area (Å²) in [5.41, 5.74) is 3.84. The van der Waals surface area contributed by atoms with Gasteiger partial charge >= 0.3 is 5.97 Å². The van der Waals surface area contributed by atoms with Crippen LogP contribution in [0.3, 0.4) is 0 Å². The zero-order chi connectivity index (χ0) is 21.0. The molecule has 6 heteroatoms.